The minimum absolute atomic E-state index is 0. The number of nitrogens with one attached hydrogen (secondary N) is 1. The monoisotopic (exact) mass is 359 g/mol. The first-order valence-corrected chi connectivity index (χ1v) is 5.40. The zero-order valence-corrected chi connectivity index (χ0v) is 12.8. The molecule has 4 nitrogen and oxygen atoms in total. The smallest absolute Gasteiger partial charge is 0.194 e. The first kappa shape index (κ1) is 16.6. The molecule has 18 heavy (non-hydrogen) atoms. The average molecular weight is 359 g/mol. The highest BCUT2D eigenvalue weighted by Gasteiger charge is 2.00. The molecule has 0 bridgehead atoms. The Labute approximate surface area is 125 Å². The van der Waals surface area contributed by atoms with Crippen molar-refractivity contribution in [3.8, 4) is 18.1 Å². The Morgan fingerprint density at radius 1 is 1.50 bits per heavy atom. The number of ether oxygens (including phenoxy) is 1. The zero-order chi connectivity index (χ0) is 12.7. The van der Waals surface area contributed by atoms with E-state index >= 15 is 0 Å². The number of benzene rings is 1. The van der Waals surface area contributed by atoms with Gasteiger partial charge in [-0.15, -0.1) is 30.4 Å². The summed E-state index contributed by atoms with van der Waals surface area (Å²) in [5, 5.41) is 2.97. The van der Waals surface area contributed by atoms with Gasteiger partial charge in [0.05, 0.1) is 7.11 Å². The molecular formula is C13H18IN3O. The fourth-order valence-corrected chi connectivity index (χ4v) is 1.27. The van der Waals surface area contributed by atoms with E-state index in [-0.39, 0.29) is 30.0 Å². The van der Waals surface area contributed by atoms with Crippen LogP contribution in [0.25, 0.3) is 0 Å². The molecule has 1 rings (SSSR count). The molecule has 0 aliphatic heterocycles. The highest BCUT2D eigenvalue weighted by molar-refractivity contribution is 14.0. The summed E-state index contributed by atoms with van der Waals surface area (Å²) in [5.74, 6) is 3.67. The molecule has 0 saturated carbocycles. The Morgan fingerprint density at radius 3 is 2.56 bits per heavy atom. The molecule has 0 heterocycles. The summed E-state index contributed by atoms with van der Waals surface area (Å²) >= 11 is 0. The lowest BCUT2D eigenvalue weighted by atomic mass is 10.2. The number of halogens is 1. The number of hydrogen-bond acceptors (Lipinski definition) is 2. The van der Waals surface area contributed by atoms with E-state index in [9.17, 15) is 0 Å². The highest BCUT2D eigenvalue weighted by atomic mass is 127. The van der Waals surface area contributed by atoms with Gasteiger partial charge < -0.3 is 15.8 Å². The van der Waals surface area contributed by atoms with Gasteiger partial charge >= 0.3 is 0 Å². The average Bonchev–Trinajstić information content (AvgIpc) is 2.37. The first-order chi connectivity index (χ1) is 8.19. The topological polar surface area (TPSA) is 59.6 Å². The van der Waals surface area contributed by atoms with Gasteiger partial charge in [0, 0.05) is 5.69 Å². The molecule has 1 atom stereocenters. The maximum Gasteiger partial charge on any atom is 0.194 e. The van der Waals surface area contributed by atoms with Gasteiger partial charge in [0.1, 0.15) is 11.8 Å². The van der Waals surface area contributed by atoms with Gasteiger partial charge in [-0.2, -0.15) is 0 Å². The van der Waals surface area contributed by atoms with Gasteiger partial charge in [0.25, 0.3) is 0 Å². The highest BCUT2D eigenvalue weighted by Crippen LogP contribution is 2.14. The third kappa shape index (κ3) is 5.27. The van der Waals surface area contributed by atoms with E-state index in [0.717, 1.165) is 17.9 Å². The van der Waals surface area contributed by atoms with Crippen LogP contribution in [0.3, 0.4) is 0 Å². The fourth-order valence-electron chi connectivity index (χ4n) is 1.27. The molecule has 0 saturated heterocycles. The molecule has 0 aliphatic rings. The van der Waals surface area contributed by atoms with Crippen LogP contribution in [-0.2, 0) is 0 Å². The minimum Gasteiger partial charge on any atom is -0.497 e. The largest absolute Gasteiger partial charge is 0.497 e. The van der Waals surface area contributed by atoms with Crippen LogP contribution in [0.1, 0.15) is 13.3 Å². The van der Waals surface area contributed by atoms with E-state index in [2.05, 4.69) is 16.2 Å². The molecule has 0 amide bonds. The molecule has 0 aliphatic carbocycles. The quantitative estimate of drug-likeness (QED) is 0.376. The van der Waals surface area contributed by atoms with Gasteiger partial charge in [0.2, 0.25) is 0 Å². The number of hydrogen-bond donors (Lipinski definition) is 2. The Balaban J connectivity index is 0.00000289. The Hall–Kier alpha value is -1.42. The van der Waals surface area contributed by atoms with Gasteiger partial charge in [-0.3, -0.25) is 0 Å². The predicted octanol–water partition coefficient (Wildman–Crippen LogP) is 2.45. The van der Waals surface area contributed by atoms with Gasteiger partial charge in [0.15, 0.2) is 5.96 Å². The van der Waals surface area contributed by atoms with E-state index in [1.54, 1.807) is 7.11 Å². The van der Waals surface area contributed by atoms with Crippen molar-refractivity contribution < 1.29 is 4.74 Å². The summed E-state index contributed by atoms with van der Waals surface area (Å²) in [5.41, 5.74) is 6.59. The Kier molecular flexibility index (Phi) is 7.96. The van der Waals surface area contributed by atoms with Crippen LogP contribution in [0.2, 0.25) is 0 Å². The number of terminal acetylenes is 1. The molecule has 1 unspecified atom stereocenters. The van der Waals surface area contributed by atoms with Gasteiger partial charge in [-0.05, 0) is 30.7 Å². The lowest BCUT2D eigenvalue weighted by Gasteiger charge is -2.08. The predicted molar refractivity (Wildman–Crippen MR) is 86.6 cm³/mol. The van der Waals surface area contributed by atoms with Crippen molar-refractivity contribution in [3.63, 3.8) is 0 Å². The Morgan fingerprint density at radius 2 is 2.11 bits per heavy atom. The second kappa shape index (κ2) is 8.64. The van der Waals surface area contributed by atoms with Crippen molar-refractivity contribution >= 4 is 35.6 Å². The van der Waals surface area contributed by atoms with Crippen molar-refractivity contribution in [3.05, 3.63) is 24.3 Å². The molecule has 0 spiro atoms. The SMILES string of the molecule is C#CC(CC)N=C(N)Nc1ccc(OC)cc1.I. The van der Waals surface area contributed by atoms with Crippen molar-refractivity contribution in [2.24, 2.45) is 10.7 Å². The fraction of sp³-hybridized carbons (Fsp3) is 0.308. The molecule has 98 valence electrons. The van der Waals surface area contributed by atoms with Crippen LogP contribution in [0.15, 0.2) is 29.3 Å². The molecule has 5 heteroatoms. The molecule has 1 aromatic rings. The summed E-state index contributed by atoms with van der Waals surface area (Å²) in [6, 6.07) is 7.22. The van der Waals surface area contributed by atoms with Crippen LogP contribution in [0, 0.1) is 12.3 Å². The van der Waals surface area contributed by atoms with Crippen molar-refractivity contribution in [2.45, 2.75) is 19.4 Å². The van der Waals surface area contributed by atoms with E-state index in [1.807, 2.05) is 31.2 Å². The van der Waals surface area contributed by atoms with E-state index in [0.29, 0.717) is 5.96 Å². The third-order valence-electron chi connectivity index (χ3n) is 2.24. The molecule has 1 aromatic carbocycles. The number of nitrogens with zero attached hydrogens (tertiary/aromatic N) is 1. The zero-order valence-electron chi connectivity index (χ0n) is 10.5. The van der Waals surface area contributed by atoms with Crippen molar-refractivity contribution in [1.82, 2.24) is 0 Å². The molecule has 0 fully saturated rings. The van der Waals surface area contributed by atoms with Gasteiger partial charge in [-0.25, -0.2) is 4.99 Å². The Bertz CT molecular complexity index is 423. The van der Waals surface area contributed by atoms with Crippen LogP contribution < -0.4 is 15.8 Å². The molecule has 3 N–H and O–H groups in total. The van der Waals surface area contributed by atoms with E-state index < -0.39 is 0 Å². The van der Waals surface area contributed by atoms with Crippen molar-refractivity contribution in [2.75, 3.05) is 12.4 Å². The lowest BCUT2D eigenvalue weighted by Crippen LogP contribution is -2.24. The van der Waals surface area contributed by atoms with Crippen LogP contribution >= 0.6 is 24.0 Å². The molecule has 0 aromatic heterocycles. The number of guanidine groups is 1. The number of aliphatic imine (C=N–C) groups is 1. The van der Waals surface area contributed by atoms with Crippen molar-refractivity contribution in [1.29, 1.82) is 0 Å². The van der Waals surface area contributed by atoms with E-state index in [1.165, 1.54) is 0 Å². The number of anilines is 1. The lowest BCUT2D eigenvalue weighted by molar-refractivity contribution is 0.415. The number of methoxy groups -OCH3 is 1. The second-order valence-electron chi connectivity index (χ2n) is 3.46. The number of nitrogens with two attached hydrogens (primary N) is 1. The standard InChI is InChI=1S/C13H17N3O.HI/c1-4-10(5-2)15-13(14)16-11-6-8-12(17-3)9-7-11;/h1,6-10H,5H2,2-3H3,(H3,14,15,16);1H. The first-order valence-electron chi connectivity index (χ1n) is 5.40. The minimum atomic E-state index is -0.180. The summed E-state index contributed by atoms with van der Waals surface area (Å²) in [6.45, 7) is 1.97. The summed E-state index contributed by atoms with van der Waals surface area (Å²) < 4.78 is 5.06. The number of rotatable bonds is 4. The maximum absolute atomic E-state index is 5.74. The van der Waals surface area contributed by atoms with Crippen LogP contribution in [0.4, 0.5) is 5.69 Å². The normalized spacial score (nSPS) is 11.9. The van der Waals surface area contributed by atoms with E-state index in [4.69, 9.17) is 16.9 Å². The maximum atomic E-state index is 5.74. The van der Waals surface area contributed by atoms with Gasteiger partial charge in [-0.1, -0.05) is 12.8 Å². The molecular weight excluding hydrogens is 341 g/mol. The second-order valence-corrected chi connectivity index (χ2v) is 3.46. The van der Waals surface area contributed by atoms with Crippen LogP contribution in [-0.4, -0.2) is 19.1 Å². The third-order valence-corrected chi connectivity index (χ3v) is 2.24. The summed E-state index contributed by atoms with van der Waals surface area (Å²) in [6.07, 6.45) is 6.07. The molecule has 0 radical (unpaired) electrons. The summed E-state index contributed by atoms with van der Waals surface area (Å²) in [4.78, 5) is 4.17. The summed E-state index contributed by atoms with van der Waals surface area (Å²) in [7, 11) is 1.62. The van der Waals surface area contributed by atoms with Crippen LogP contribution in [0.5, 0.6) is 5.75 Å².